The number of nitrogens with zero attached hydrogens (tertiary/aromatic N) is 1. The average Bonchev–Trinajstić information content (AvgIpc) is 2.81. The van der Waals surface area contributed by atoms with E-state index < -0.39 is 0 Å². The summed E-state index contributed by atoms with van der Waals surface area (Å²) in [7, 11) is 0. The van der Waals surface area contributed by atoms with Crippen LogP contribution in [-0.2, 0) is 20.7 Å². The Hall–Kier alpha value is -2.95. The molecule has 0 spiro atoms. The molecule has 0 aliphatic carbocycles. The summed E-state index contributed by atoms with van der Waals surface area (Å²) in [5, 5.41) is 0. The second-order valence-electron chi connectivity index (χ2n) is 7.90. The molecule has 1 aromatic heterocycles. The van der Waals surface area contributed by atoms with Crippen molar-refractivity contribution < 1.29 is 19.1 Å². The summed E-state index contributed by atoms with van der Waals surface area (Å²) < 4.78 is 10.7. The number of carbonyl (C=O) groups excluding carboxylic acids is 2. The molecule has 0 N–H and O–H groups in total. The summed E-state index contributed by atoms with van der Waals surface area (Å²) in [6, 6.07) is 11.8. The van der Waals surface area contributed by atoms with Crippen LogP contribution < -0.4 is 4.74 Å². The highest BCUT2D eigenvalue weighted by atomic mass is 16.5. The Bertz CT molecular complexity index is 856. The standard InChI is InChI=1S/C27H35NO4/c1-4-6-7-8-9-10-11-27(30)32-24-18-19-25(28-20-24)23-16-14-22(15-17-23)13-12-21(3)31-26(29)5-2/h7-8,14-21H,4-6,9-13H2,1-3H3/b8-7-. The van der Waals surface area contributed by atoms with Crippen LogP contribution in [0.25, 0.3) is 11.3 Å². The number of benzene rings is 1. The summed E-state index contributed by atoms with van der Waals surface area (Å²) in [6.07, 6.45) is 12.1. The summed E-state index contributed by atoms with van der Waals surface area (Å²) in [5.74, 6) is 0.0757. The Kier molecular flexibility index (Phi) is 11.2. The van der Waals surface area contributed by atoms with Gasteiger partial charge in [0.15, 0.2) is 0 Å². The number of aromatic nitrogens is 1. The van der Waals surface area contributed by atoms with Crippen molar-refractivity contribution in [1.82, 2.24) is 4.98 Å². The summed E-state index contributed by atoms with van der Waals surface area (Å²) in [5.41, 5.74) is 3.00. The molecular weight excluding hydrogens is 402 g/mol. The van der Waals surface area contributed by atoms with Gasteiger partial charge in [0.25, 0.3) is 0 Å². The quantitative estimate of drug-likeness (QED) is 0.204. The molecule has 1 aromatic carbocycles. The third-order valence-corrected chi connectivity index (χ3v) is 5.05. The molecule has 0 aliphatic rings. The molecular formula is C27H35NO4. The highest BCUT2D eigenvalue weighted by Gasteiger charge is 2.09. The van der Waals surface area contributed by atoms with Crippen LogP contribution in [0.3, 0.4) is 0 Å². The minimum Gasteiger partial charge on any atom is -0.463 e. The molecule has 2 rings (SSSR count). The minimum atomic E-state index is -0.230. The van der Waals surface area contributed by atoms with Gasteiger partial charge in [-0.1, -0.05) is 56.7 Å². The van der Waals surface area contributed by atoms with Crippen LogP contribution in [-0.4, -0.2) is 23.0 Å². The summed E-state index contributed by atoms with van der Waals surface area (Å²) >= 11 is 0. The van der Waals surface area contributed by atoms with Gasteiger partial charge in [0, 0.05) is 18.4 Å². The number of rotatable bonds is 13. The lowest BCUT2D eigenvalue weighted by molar-refractivity contribution is -0.148. The first-order valence-corrected chi connectivity index (χ1v) is 11.6. The third kappa shape index (κ3) is 9.46. The van der Waals surface area contributed by atoms with Crippen LogP contribution in [0.1, 0.15) is 71.3 Å². The van der Waals surface area contributed by atoms with Gasteiger partial charge < -0.3 is 9.47 Å². The van der Waals surface area contributed by atoms with Gasteiger partial charge in [0.1, 0.15) is 5.75 Å². The van der Waals surface area contributed by atoms with Gasteiger partial charge in [0.2, 0.25) is 0 Å². The Morgan fingerprint density at radius 3 is 2.41 bits per heavy atom. The van der Waals surface area contributed by atoms with E-state index in [2.05, 4.69) is 36.2 Å². The number of unbranched alkanes of at least 4 members (excludes halogenated alkanes) is 2. The minimum absolute atomic E-state index is 0.0865. The highest BCUT2D eigenvalue weighted by Crippen LogP contribution is 2.21. The Labute approximate surface area is 191 Å². The molecule has 0 radical (unpaired) electrons. The topological polar surface area (TPSA) is 65.5 Å². The first-order valence-electron chi connectivity index (χ1n) is 11.6. The lowest BCUT2D eigenvalue weighted by Gasteiger charge is -2.12. The Morgan fingerprint density at radius 2 is 1.75 bits per heavy atom. The second-order valence-corrected chi connectivity index (χ2v) is 7.90. The summed E-state index contributed by atoms with van der Waals surface area (Å²) in [4.78, 5) is 27.8. The molecule has 0 bridgehead atoms. The van der Waals surface area contributed by atoms with Crippen LogP contribution in [0.15, 0.2) is 54.7 Å². The number of ether oxygens (including phenoxy) is 2. The van der Waals surface area contributed by atoms with Crippen molar-refractivity contribution in [3.63, 3.8) is 0 Å². The van der Waals surface area contributed by atoms with Crippen molar-refractivity contribution in [2.24, 2.45) is 0 Å². The summed E-state index contributed by atoms with van der Waals surface area (Å²) in [6.45, 7) is 5.87. The second kappa shape index (κ2) is 14.2. The maximum Gasteiger partial charge on any atom is 0.311 e. The number of aryl methyl sites for hydroxylation is 1. The van der Waals surface area contributed by atoms with Gasteiger partial charge in [-0.15, -0.1) is 0 Å². The van der Waals surface area contributed by atoms with Crippen LogP contribution >= 0.6 is 0 Å². The monoisotopic (exact) mass is 437 g/mol. The lowest BCUT2D eigenvalue weighted by Crippen LogP contribution is -2.14. The molecule has 1 atom stereocenters. The van der Waals surface area contributed by atoms with Crippen LogP contribution in [0.2, 0.25) is 0 Å². The highest BCUT2D eigenvalue weighted by molar-refractivity contribution is 5.72. The van der Waals surface area contributed by atoms with E-state index in [1.165, 1.54) is 5.56 Å². The van der Waals surface area contributed by atoms with E-state index in [4.69, 9.17) is 9.47 Å². The third-order valence-electron chi connectivity index (χ3n) is 5.05. The van der Waals surface area contributed by atoms with Gasteiger partial charge in [-0.3, -0.25) is 14.6 Å². The number of hydrogen-bond donors (Lipinski definition) is 0. The van der Waals surface area contributed by atoms with E-state index in [0.29, 0.717) is 18.6 Å². The van der Waals surface area contributed by atoms with Crippen molar-refractivity contribution in [2.75, 3.05) is 0 Å². The van der Waals surface area contributed by atoms with Crippen molar-refractivity contribution in [2.45, 2.75) is 78.2 Å². The molecule has 0 aliphatic heterocycles. The average molecular weight is 438 g/mol. The molecule has 2 aromatic rings. The van der Waals surface area contributed by atoms with Crippen molar-refractivity contribution in [1.29, 1.82) is 0 Å². The number of allylic oxidation sites excluding steroid dienone is 2. The molecule has 1 heterocycles. The van der Waals surface area contributed by atoms with Gasteiger partial charge in [0.05, 0.1) is 18.0 Å². The van der Waals surface area contributed by atoms with E-state index in [9.17, 15) is 9.59 Å². The fourth-order valence-electron chi connectivity index (χ4n) is 3.14. The molecule has 0 saturated heterocycles. The molecule has 32 heavy (non-hydrogen) atoms. The fraction of sp³-hybridized carbons (Fsp3) is 0.444. The largest absolute Gasteiger partial charge is 0.463 e. The Morgan fingerprint density at radius 1 is 1.00 bits per heavy atom. The zero-order chi connectivity index (χ0) is 23.2. The maximum absolute atomic E-state index is 12.0. The van der Waals surface area contributed by atoms with E-state index in [-0.39, 0.29) is 18.0 Å². The van der Waals surface area contributed by atoms with E-state index in [1.807, 2.05) is 25.1 Å². The van der Waals surface area contributed by atoms with Crippen molar-refractivity contribution in [3.8, 4) is 17.0 Å². The maximum atomic E-state index is 12.0. The predicted molar refractivity (Wildman–Crippen MR) is 127 cm³/mol. The molecule has 5 heteroatoms. The van der Waals surface area contributed by atoms with Gasteiger partial charge in [-0.2, -0.15) is 0 Å². The SMILES string of the molecule is CCC/C=C\CCCC(=O)Oc1ccc(-c2ccc(CCC(C)OC(=O)CC)cc2)nc1. The first kappa shape index (κ1) is 25.3. The van der Waals surface area contributed by atoms with Crippen LogP contribution in [0.4, 0.5) is 0 Å². The number of hydrogen-bond acceptors (Lipinski definition) is 5. The van der Waals surface area contributed by atoms with Crippen LogP contribution in [0, 0.1) is 0 Å². The number of pyridine rings is 1. The predicted octanol–water partition coefficient (Wildman–Crippen LogP) is 6.45. The van der Waals surface area contributed by atoms with Gasteiger partial charge in [-0.25, -0.2) is 0 Å². The molecule has 5 nitrogen and oxygen atoms in total. The van der Waals surface area contributed by atoms with Gasteiger partial charge >= 0.3 is 11.9 Å². The molecule has 172 valence electrons. The number of esters is 2. The van der Waals surface area contributed by atoms with Crippen molar-refractivity contribution >= 4 is 11.9 Å². The van der Waals surface area contributed by atoms with Gasteiger partial charge in [-0.05, 0) is 56.7 Å². The van der Waals surface area contributed by atoms with Crippen LogP contribution in [0.5, 0.6) is 5.75 Å². The Balaban J connectivity index is 1.79. The zero-order valence-electron chi connectivity index (χ0n) is 19.5. The fourth-order valence-corrected chi connectivity index (χ4v) is 3.14. The van der Waals surface area contributed by atoms with E-state index in [0.717, 1.165) is 49.8 Å². The van der Waals surface area contributed by atoms with Crippen molar-refractivity contribution in [3.05, 3.63) is 60.3 Å². The molecule has 0 amide bonds. The van der Waals surface area contributed by atoms with E-state index >= 15 is 0 Å². The molecule has 0 saturated carbocycles. The molecule has 0 fully saturated rings. The normalized spacial score (nSPS) is 12.0. The van der Waals surface area contributed by atoms with E-state index in [1.54, 1.807) is 19.2 Å². The number of carbonyl (C=O) groups is 2. The molecule has 1 unspecified atom stereocenters. The zero-order valence-corrected chi connectivity index (χ0v) is 19.5. The smallest absolute Gasteiger partial charge is 0.311 e. The first-order chi connectivity index (χ1) is 15.5. The lowest BCUT2D eigenvalue weighted by atomic mass is 10.0.